The molecule has 1 aromatic carbocycles. The van der Waals surface area contributed by atoms with E-state index >= 15 is 0 Å². The number of carbonyl (C=O) groups is 2. The molecule has 0 spiro atoms. The second-order valence-corrected chi connectivity index (χ2v) is 6.30. The van der Waals surface area contributed by atoms with Crippen LogP contribution in [0.1, 0.15) is 46.4 Å². The molecule has 0 radical (unpaired) electrons. The van der Waals surface area contributed by atoms with Crippen molar-refractivity contribution in [1.29, 1.82) is 0 Å². The zero-order valence-electron chi connectivity index (χ0n) is 11.2. The van der Waals surface area contributed by atoms with Gasteiger partial charge in [0, 0.05) is 17.1 Å². The normalized spacial score (nSPS) is 17.8. The zero-order chi connectivity index (χ0) is 14.1. The van der Waals surface area contributed by atoms with E-state index in [2.05, 4.69) is 21.2 Å². The maximum atomic E-state index is 12.2. The van der Waals surface area contributed by atoms with Gasteiger partial charge in [-0.25, -0.2) is 0 Å². The van der Waals surface area contributed by atoms with E-state index < -0.39 is 0 Å². The number of nitrogens with one attached hydrogen (secondary N) is 1. The SMILES string of the molecule is O=C1c2ccc(Br)cc2C(=O)N1CCCCNC1CC1. The van der Waals surface area contributed by atoms with Crippen molar-refractivity contribution in [2.75, 3.05) is 13.1 Å². The lowest BCUT2D eigenvalue weighted by molar-refractivity contribution is 0.0651. The molecule has 2 aliphatic rings. The summed E-state index contributed by atoms with van der Waals surface area (Å²) in [6.07, 6.45) is 4.42. The molecule has 1 aromatic rings. The number of rotatable bonds is 6. The predicted molar refractivity (Wildman–Crippen MR) is 79.8 cm³/mol. The van der Waals surface area contributed by atoms with E-state index in [1.165, 1.54) is 17.7 Å². The molecule has 5 heteroatoms. The molecule has 1 heterocycles. The van der Waals surface area contributed by atoms with Gasteiger partial charge in [-0.3, -0.25) is 14.5 Å². The molecule has 2 amide bonds. The molecule has 1 saturated carbocycles. The van der Waals surface area contributed by atoms with Gasteiger partial charge in [0.05, 0.1) is 11.1 Å². The molecule has 1 fully saturated rings. The summed E-state index contributed by atoms with van der Waals surface area (Å²) in [6, 6.07) is 5.96. The minimum Gasteiger partial charge on any atom is -0.314 e. The Morgan fingerprint density at radius 1 is 1.15 bits per heavy atom. The second kappa shape index (κ2) is 5.66. The Bertz CT molecular complexity index is 555. The highest BCUT2D eigenvalue weighted by molar-refractivity contribution is 9.10. The van der Waals surface area contributed by atoms with Gasteiger partial charge in [0.2, 0.25) is 0 Å². The van der Waals surface area contributed by atoms with E-state index in [-0.39, 0.29) is 11.8 Å². The van der Waals surface area contributed by atoms with Crippen molar-refractivity contribution in [3.8, 4) is 0 Å². The number of amides is 2. The fourth-order valence-electron chi connectivity index (χ4n) is 2.45. The lowest BCUT2D eigenvalue weighted by atomic mass is 10.1. The van der Waals surface area contributed by atoms with Gasteiger partial charge in [0.25, 0.3) is 11.8 Å². The molecule has 3 rings (SSSR count). The number of carbonyl (C=O) groups excluding carboxylic acids is 2. The van der Waals surface area contributed by atoms with Gasteiger partial charge in [0.15, 0.2) is 0 Å². The molecule has 0 bridgehead atoms. The Kier molecular flexibility index (Phi) is 3.89. The van der Waals surface area contributed by atoms with E-state index in [0.29, 0.717) is 23.7 Å². The lowest BCUT2D eigenvalue weighted by Gasteiger charge is -2.13. The van der Waals surface area contributed by atoms with Crippen LogP contribution in [0, 0.1) is 0 Å². The van der Waals surface area contributed by atoms with Crippen molar-refractivity contribution in [2.24, 2.45) is 0 Å². The molecular formula is C15H17BrN2O2. The Morgan fingerprint density at radius 2 is 1.90 bits per heavy atom. The lowest BCUT2D eigenvalue weighted by Crippen LogP contribution is -2.31. The molecule has 4 nitrogen and oxygen atoms in total. The van der Waals surface area contributed by atoms with Crippen molar-refractivity contribution in [1.82, 2.24) is 10.2 Å². The first-order valence-electron chi connectivity index (χ1n) is 7.06. The van der Waals surface area contributed by atoms with Crippen LogP contribution in [0.25, 0.3) is 0 Å². The smallest absolute Gasteiger partial charge is 0.261 e. The maximum absolute atomic E-state index is 12.2. The highest BCUT2D eigenvalue weighted by Gasteiger charge is 2.34. The van der Waals surface area contributed by atoms with E-state index in [4.69, 9.17) is 0 Å². The summed E-state index contributed by atoms with van der Waals surface area (Å²) < 4.78 is 0.827. The largest absolute Gasteiger partial charge is 0.314 e. The van der Waals surface area contributed by atoms with Crippen LogP contribution in [0.5, 0.6) is 0 Å². The fourth-order valence-corrected chi connectivity index (χ4v) is 2.82. The van der Waals surface area contributed by atoms with Crippen LogP contribution >= 0.6 is 15.9 Å². The second-order valence-electron chi connectivity index (χ2n) is 5.39. The Balaban J connectivity index is 1.55. The van der Waals surface area contributed by atoms with Gasteiger partial charge in [-0.2, -0.15) is 0 Å². The molecular weight excluding hydrogens is 320 g/mol. The summed E-state index contributed by atoms with van der Waals surface area (Å²) >= 11 is 3.33. The van der Waals surface area contributed by atoms with E-state index in [9.17, 15) is 9.59 Å². The molecule has 0 atom stereocenters. The van der Waals surface area contributed by atoms with Crippen LogP contribution in [0.3, 0.4) is 0 Å². The number of unbranched alkanes of at least 4 members (excludes halogenated alkanes) is 1. The zero-order valence-corrected chi connectivity index (χ0v) is 12.8. The van der Waals surface area contributed by atoms with Gasteiger partial charge in [-0.05, 0) is 50.4 Å². The first-order chi connectivity index (χ1) is 9.66. The third kappa shape index (κ3) is 2.79. The van der Waals surface area contributed by atoms with Crippen molar-refractivity contribution in [3.63, 3.8) is 0 Å². The Labute approximate surface area is 126 Å². The standard InChI is InChI=1S/C15H17BrN2O2/c16-10-3-6-12-13(9-10)15(20)18(14(12)19)8-2-1-7-17-11-4-5-11/h3,6,9,11,17H,1-2,4-5,7-8H2. The quantitative estimate of drug-likeness (QED) is 0.641. The van der Waals surface area contributed by atoms with Crippen LogP contribution in [-0.2, 0) is 0 Å². The number of hydrogen-bond acceptors (Lipinski definition) is 3. The van der Waals surface area contributed by atoms with Crippen LogP contribution in [-0.4, -0.2) is 35.8 Å². The minimum absolute atomic E-state index is 0.160. The van der Waals surface area contributed by atoms with Crippen LogP contribution in [0.4, 0.5) is 0 Å². The average molecular weight is 337 g/mol. The van der Waals surface area contributed by atoms with Crippen molar-refractivity contribution in [3.05, 3.63) is 33.8 Å². The number of halogens is 1. The van der Waals surface area contributed by atoms with Crippen molar-refractivity contribution >= 4 is 27.7 Å². The minimum atomic E-state index is -0.165. The summed E-state index contributed by atoms with van der Waals surface area (Å²) in [5, 5.41) is 3.43. The van der Waals surface area contributed by atoms with Gasteiger partial charge < -0.3 is 5.32 Å². The average Bonchev–Trinajstić information content (AvgIpc) is 3.22. The first-order valence-corrected chi connectivity index (χ1v) is 7.85. The Hall–Kier alpha value is -1.20. The van der Waals surface area contributed by atoms with E-state index in [1.54, 1.807) is 18.2 Å². The molecule has 0 unspecified atom stereocenters. The number of benzene rings is 1. The third-order valence-corrected chi connectivity index (χ3v) is 4.24. The number of hydrogen-bond donors (Lipinski definition) is 1. The molecule has 0 aromatic heterocycles. The molecule has 20 heavy (non-hydrogen) atoms. The predicted octanol–water partition coefficient (Wildman–Crippen LogP) is 2.58. The summed E-state index contributed by atoms with van der Waals surface area (Å²) in [5.74, 6) is -0.325. The number of fused-ring (bicyclic) bond motifs is 1. The molecule has 1 aliphatic carbocycles. The van der Waals surface area contributed by atoms with Gasteiger partial charge >= 0.3 is 0 Å². The van der Waals surface area contributed by atoms with Crippen LogP contribution in [0.2, 0.25) is 0 Å². The fraction of sp³-hybridized carbons (Fsp3) is 0.467. The van der Waals surface area contributed by atoms with E-state index in [1.807, 2.05) is 0 Å². The van der Waals surface area contributed by atoms with Gasteiger partial charge in [-0.1, -0.05) is 15.9 Å². The Morgan fingerprint density at radius 3 is 2.65 bits per heavy atom. The molecule has 0 saturated heterocycles. The topological polar surface area (TPSA) is 49.4 Å². The van der Waals surface area contributed by atoms with Gasteiger partial charge in [0.1, 0.15) is 0 Å². The van der Waals surface area contributed by atoms with Crippen LogP contribution in [0.15, 0.2) is 22.7 Å². The first kappa shape index (κ1) is 13.8. The summed E-state index contributed by atoms with van der Waals surface area (Å²) in [5.41, 5.74) is 1.04. The van der Waals surface area contributed by atoms with Crippen LogP contribution < -0.4 is 5.32 Å². The summed E-state index contributed by atoms with van der Waals surface area (Å²) in [7, 11) is 0. The highest BCUT2D eigenvalue weighted by Crippen LogP contribution is 2.26. The van der Waals surface area contributed by atoms with Crippen molar-refractivity contribution in [2.45, 2.75) is 31.7 Å². The maximum Gasteiger partial charge on any atom is 0.261 e. The monoisotopic (exact) mass is 336 g/mol. The molecule has 1 aliphatic heterocycles. The molecule has 106 valence electrons. The third-order valence-electron chi connectivity index (χ3n) is 3.75. The van der Waals surface area contributed by atoms with E-state index in [0.717, 1.165) is 23.9 Å². The number of nitrogens with zero attached hydrogens (tertiary/aromatic N) is 1. The molecule has 1 N–H and O–H groups in total. The summed E-state index contributed by atoms with van der Waals surface area (Å²) in [4.78, 5) is 25.8. The van der Waals surface area contributed by atoms with Gasteiger partial charge in [-0.15, -0.1) is 0 Å². The number of imide groups is 1. The highest BCUT2D eigenvalue weighted by atomic mass is 79.9. The van der Waals surface area contributed by atoms with Crippen molar-refractivity contribution < 1.29 is 9.59 Å². The summed E-state index contributed by atoms with van der Waals surface area (Å²) in [6.45, 7) is 1.48.